The van der Waals surface area contributed by atoms with Gasteiger partial charge in [-0.15, -0.1) is 0 Å². The second-order valence-corrected chi connectivity index (χ2v) is 5.43. The van der Waals surface area contributed by atoms with Crippen molar-refractivity contribution in [2.45, 2.75) is 26.7 Å². The average Bonchev–Trinajstić information content (AvgIpc) is 2.76. The number of para-hydroxylation sites is 1. The number of benzene rings is 1. The first-order valence-electron chi connectivity index (χ1n) is 6.81. The number of nitrogens with zero attached hydrogens (tertiary/aromatic N) is 1. The Bertz CT molecular complexity index is 796. The van der Waals surface area contributed by atoms with Crippen molar-refractivity contribution in [2.75, 3.05) is 0 Å². The van der Waals surface area contributed by atoms with Crippen LogP contribution in [0.2, 0.25) is 0 Å². The number of hydrogen-bond donors (Lipinski definition) is 1. The quantitative estimate of drug-likeness (QED) is 0.641. The van der Waals surface area contributed by atoms with Gasteiger partial charge in [0.25, 0.3) is 0 Å². The van der Waals surface area contributed by atoms with Gasteiger partial charge in [0.15, 0.2) is 0 Å². The van der Waals surface area contributed by atoms with Crippen LogP contribution in [-0.2, 0) is 12.8 Å². The Balaban J connectivity index is 2.09. The Labute approximate surface area is 112 Å². The van der Waals surface area contributed by atoms with E-state index in [4.69, 9.17) is 4.98 Å². The molecule has 2 nitrogen and oxygen atoms in total. The molecule has 1 aliphatic carbocycles. The second-order valence-electron chi connectivity index (χ2n) is 5.43. The maximum Gasteiger partial charge on any atom is 0.0518 e. The fourth-order valence-electron chi connectivity index (χ4n) is 3.35. The lowest BCUT2D eigenvalue weighted by atomic mass is 9.89. The molecule has 94 valence electrons. The van der Waals surface area contributed by atoms with Gasteiger partial charge in [0.2, 0.25) is 0 Å². The van der Waals surface area contributed by atoms with E-state index in [2.05, 4.69) is 49.2 Å². The van der Waals surface area contributed by atoms with Crippen molar-refractivity contribution in [1.29, 1.82) is 0 Å². The second kappa shape index (κ2) is 3.70. The van der Waals surface area contributed by atoms with Crippen LogP contribution in [0.4, 0.5) is 0 Å². The van der Waals surface area contributed by atoms with E-state index in [0.29, 0.717) is 0 Å². The summed E-state index contributed by atoms with van der Waals surface area (Å²) in [7, 11) is 0. The number of rotatable bonds is 0. The van der Waals surface area contributed by atoms with Crippen LogP contribution in [0.1, 0.15) is 22.5 Å². The van der Waals surface area contributed by atoms with Crippen molar-refractivity contribution in [3.8, 4) is 11.3 Å². The van der Waals surface area contributed by atoms with Crippen molar-refractivity contribution in [2.24, 2.45) is 0 Å². The predicted octanol–water partition coefficient (Wildman–Crippen LogP) is 3.95. The number of nitrogens with one attached hydrogen (secondary N) is 1. The number of hydrogen-bond acceptors (Lipinski definition) is 1. The van der Waals surface area contributed by atoms with Crippen LogP contribution < -0.4 is 0 Å². The molecule has 0 unspecified atom stereocenters. The van der Waals surface area contributed by atoms with Crippen molar-refractivity contribution < 1.29 is 0 Å². The summed E-state index contributed by atoms with van der Waals surface area (Å²) >= 11 is 0. The summed E-state index contributed by atoms with van der Waals surface area (Å²) in [6.07, 6.45) is 2.13. The van der Waals surface area contributed by atoms with Crippen LogP contribution in [0.15, 0.2) is 30.3 Å². The summed E-state index contributed by atoms with van der Waals surface area (Å²) in [5.74, 6) is 0. The molecule has 4 rings (SSSR count). The fourth-order valence-corrected chi connectivity index (χ4v) is 3.35. The third kappa shape index (κ3) is 1.46. The number of aromatic amines is 1. The summed E-state index contributed by atoms with van der Waals surface area (Å²) in [4.78, 5) is 8.32. The molecule has 0 atom stereocenters. The van der Waals surface area contributed by atoms with E-state index in [1.165, 1.54) is 39.0 Å². The standard InChI is InChI=1S/C17H16N2/c1-10-9-11(2)18-15-8-7-13-12-5-3-4-6-14(12)19-17(13)16(10)15/h3-6,9,19H,7-8H2,1-2H3. The van der Waals surface area contributed by atoms with E-state index in [0.717, 1.165) is 18.5 Å². The maximum absolute atomic E-state index is 4.72. The van der Waals surface area contributed by atoms with Gasteiger partial charge in [0, 0.05) is 22.2 Å². The monoisotopic (exact) mass is 248 g/mol. The molecule has 0 bridgehead atoms. The van der Waals surface area contributed by atoms with E-state index in [-0.39, 0.29) is 0 Å². The molecule has 0 amide bonds. The first-order chi connectivity index (χ1) is 9.24. The highest BCUT2D eigenvalue weighted by Crippen LogP contribution is 2.38. The molecule has 0 fully saturated rings. The molecule has 0 spiro atoms. The molecule has 2 heteroatoms. The molecule has 1 aromatic carbocycles. The number of aromatic nitrogens is 2. The van der Waals surface area contributed by atoms with E-state index in [1.54, 1.807) is 0 Å². The van der Waals surface area contributed by atoms with Gasteiger partial charge >= 0.3 is 0 Å². The zero-order valence-corrected chi connectivity index (χ0v) is 11.2. The van der Waals surface area contributed by atoms with Crippen LogP contribution in [0.5, 0.6) is 0 Å². The third-order valence-corrected chi connectivity index (χ3v) is 4.10. The molecule has 3 aromatic rings. The van der Waals surface area contributed by atoms with Gasteiger partial charge in [-0.25, -0.2) is 0 Å². The molecule has 1 N–H and O–H groups in total. The fraction of sp³-hybridized carbons (Fsp3) is 0.235. The Morgan fingerprint density at radius 1 is 1.11 bits per heavy atom. The van der Waals surface area contributed by atoms with Gasteiger partial charge in [0.1, 0.15) is 0 Å². The lowest BCUT2D eigenvalue weighted by molar-refractivity contribution is 0.885. The molecule has 2 heterocycles. The summed E-state index contributed by atoms with van der Waals surface area (Å²) in [6, 6.07) is 10.8. The maximum atomic E-state index is 4.72. The molecular weight excluding hydrogens is 232 g/mol. The summed E-state index contributed by atoms with van der Waals surface area (Å²) < 4.78 is 0. The van der Waals surface area contributed by atoms with E-state index in [1.807, 2.05) is 0 Å². The molecule has 1 aliphatic rings. The summed E-state index contributed by atoms with van der Waals surface area (Å²) in [5.41, 5.74) is 9.00. The van der Waals surface area contributed by atoms with Gasteiger partial charge in [-0.3, -0.25) is 4.98 Å². The minimum Gasteiger partial charge on any atom is -0.354 e. The Hall–Kier alpha value is -2.09. The number of H-pyrrole nitrogens is 1. The van der Waals surface area contributed by atoms with Crippen LogP contribution >= 0.6 is 0 Å². The van der Waals surface area contributed by atoms with Gasteiger partial charge in [-0.2, -0.15) is 0 Å². The minimum absolute atomic E-state index is 1.05. The summed E-state index contributed by atoms with van der Waals surface area (Å²) in [6.45, 7) is 4.27. The minimum atomic E-state index is 1.05. The predicted molar refractivity (Wildman–Crippen MR) is 78.4 cm³/mol. The van der Waals surface area contributed by atoms with Crippen LogP contribution in [-0.4, -0.2) is 9.97 Å². The number of pyridine rings is 1. The van der Waals surface area contributed by atoms with E-state index >= 15 is 0 Å². The Morgan fingerprint density at radius 2 is 1.95 bits per heavy atom. The van der Waals surface area contributed by atoms with Crippen molar-refractivity contribution in [3.63, 3.8) is 0 Å². The number of fused-ring (bicyclic) bond motifs is 5. The highest BCUT2D eigenvalue weighted by Gasteiger charge is 2.23. The first-order valence-corrected chi connectivity index (χ1v) is 6.81. The topological polar surface area (TPSA) is 28.7 Å². The largest absolute Gasteiger partial charge is 0.354 e. The van der Waals surface area contributed by atoms with Crippen molar-refractivity contribution in [3.05, 3.63) is 52.8 Å². The Kier molecular flexibility index (Phi) is 2.10. The van der Waals surface area contributed by atoms with Crippen molar-refractivity contribution in [1.82, 2.24) is 9.97 Å². The lowest BCUT2D eigenvalue weighted by Crippen LogP contribution is -2.07. The van der Waals surface area contributed by atoms with Gasteiger partial charge in [-0.05, 0) is 49.9 Å². The molecule has 0 saturated heterocycles. The molecule has 19 heavy (non-hydrogen) atoms. The first kappa shape index (κ1) is 10.8. The highest BCUT2D eigenvalue weighted by atomic mass is 14.8. The lowest BCUT2D eigenvalue weighted by Gasteiger charge is -2.18. The van der Waals surface area contributed by atoms with Crippen LogP contribution in [0, 0.1) is 13.8 Å². The average molecular weight is 248 g/mol. The highest BCUT2D eigenvalue weighted by molar-refractivity contribution is 5.92. The Morgan fingerprint density at radius 3 is 2.84 bits per heavy atom. The van der Waals surface area contributed by atoms with E-state index in [9.17, 15) is 0 Å². The number of aryl methyl sites for hydroxylation is 4. The molecule has 0 radical (unpaired) electrons. The molecular formula is C17H16N2. The van der Waals surface area contributed by atoms with E-state index < -0.39 is 0 Å². The zero-order chi connectivity index (χ0) is 13.0. The van der Waals surface area contributed by atoms with Gasteiger partial charge in [0.05, 0.1) is 11.4 Å². The SMILES string of the molecule is Cc1cc(C)c2c(n1)CCc1c-2[nH]c2ccccc12. The van der Waals surface area contributed by atoms with Crippen molar-refractivity contribution >= 4 is 10.9 Å². The normalized spacial score (nSPS) is 13.4. The van der Waals surface area contributed by atoms with Gasteiger partial charge < -0.3 is 4.98 Å². The van der Waals surface area contributed by atoms with Gasteiger partial charge in [-0.1, -0.05) is 18.2 Å². The smallest absolute Gasteiger partial charge is 0.0518 e. The summed E-state index contributed by atoms with van der Waals surface area (Å²) in [5, 5.41) is 1.36. The van der Waals surface area contributed by atoms with Crippen LogP contribution in [0.25, 0.3) is 22.2 Å². The molecule has 0 aliphatic heterocycles. The molecule has 2 aromatic heterocycles. The molecule has 0 saturated carbocycles. The zero-order valence-electron chi connectivity index (χ0n) is 11.2. The van der Waals surface area contributed by atoms with Crippen LogP contribution in [0.3, 0.4) is 0 Å². The third-order valence-electron chi connectivity index (χ3n) is 4.10.